The number of ether oxygens (including phenoxy) is 1. The van der Waals surface area contributed by atoms with Crippen LogP contribution in [-0.4, -0.2) is 44.8 Å². The molecule has 3 aromatic rings. The van der Waals surface area contributed by atoms with Gasteiger partial charge in [0.15, 0.2) is 5.75 Å². The van der Waals surface area contributed by atoms with Crippen molar-refractivity contribution in [3.05, 3.63) is 75.4 Å². The van der Waals surface area contributed by atoms with Gasteiger partial charge in [0.1, 0.15) is 32.3 Å². The predicted octanol–water partition coefficient (Wildman–Crippen LogP) is 5.99. The molecule has 3 rings (SSSR count). The number of aromatic nitrogens is 2. The summed E-state index contributed by atoms with van der Waals surface area (Å²) in [6, 6.07) is 12.4. The molecule has 12 heteroatoms. The van der Waals surface area contributed by atoms with Gasteiger partial charge in [0.05, 0.1) is 15.9 Å². The quantitative estimate of drug-likeness (QED) is 0.112. The Balaban J connectivity index is 1.77. The molecule has 8 nitrogen and oxygen atoms in total. The molecule has 3 N–H and O–H groups in total. The second kappa shape index (κ2) is 11.2. The Bertz CT molecular complexity index is 1180. The van der Waals surface area contributed by atoms with E-state index in [0.717, 1.165) is 11.1 Å². The number of carbonyl (C=O) groups excluding carboxylic acids is 1. The van der Waals surface area contributed by atoms with E-state index in [1.54, 1.807) is 12.1 Å². The van der Waals surface area contributed by atoms with Crippen molar-refractivity contribution in [1.29, 1.82) is 0 Å². The number of halogens is 3. The third kappa shape index (κ3) is 7.13. The Morgan fingerprint density at radius 2 is 1.77 bits per heavy atom. The van der Waals surface area contributed by atoms with Crippen LogP contribution in [0.25, 0.3) is 0 Å². The van der Waals surface area contributed by atoms with E-state index in [4.69, 9.17) is 39.5 Å². The van der Waals surface area contributed by atoms with Crippen molar-refractivity contribution in [3.63, 3.8) is 0 Å². The summed E-state index contributed by atoms with van der Waals surface area (Å²) < 4.78 is 4.67. The van der Waals surface area contributed by atoms with Gasteiger partial charge in [-0.2, -0.15) is 15.6 Å². The Morgan fingerprint density at radius 1 is 1.14 bits per heavy atom. The summed E-state index contributed by atoms with van der Waals surface area (Å²) in [5.41, 5.74) is 4.38. The van der Waals surface area contributed by atoms with Gasteiger partial charge in [-0.05, 0) is 45.6 Å². The van der Waals surface area contributed by atoms with Crippen LogP contribution in [0.5, 0.6) is 5.75 Å². The number of rotatable bonds is 9. The summed E-state index contributed by atoms with van der Waals surface area (Å²) in [5, 5.41) is 13.2. The molecule has 0 saturated carbocycles. The second-order valence-electron chi connectivity index (χ2n) is 8.25. The molecule has 0 aliphatic rings. The van der Waals surface area contributed by atoms with E-state index in [-0.39, 0.29) is 17.7 Å². The third-order valence-electron chi connectivity index (χ3n) is 5.12. The minimum atomic E-state index is -0.867. The zero-order valence-corrected chi connectivity index (χ0v) is 22.4. The van der Waals surface area contributed by atoms with Crippen LogP contribution in [0.15, 0.2) is 48.7 Å². The molecule has 0 radical (unpaired) electrons. The van der Waals surface area contributed by atoms with E-state index < -0.39 is 9.58 Å². The molecule has 0 saturated heterocycles. The normalized spacial score (nSPS) is 13.1. The number of hydroxylamine groups is 1. The minimum Gasteiger partial charge on any atom is -0.489 e. The van der Waals surface area contributed by atoms with Crippen molar-refractivity contribution in [2.24, 2.45) is 0 Å². The monoisotopic (exact) mass is 556 g/mol. The van der Waals surface area contributed by atoms with Crippen molar-refractivity contribution >= 4 is 65.3 Å². The molecule has 0 bridgehead atoms. The first-order valence-electron chi connectivity index (χ1n) is 10.4. The van der Waals surface area contributed by atoms with E-state index in [1.165, 1.54) is 19.3 Å². The highest BCUT2D eigenvalue weighted by Crippen LogP contribution is 2.40. The van der Waals surface area contributed by atoms with Crippen LogP contribution in [0.1, 0.15) is 35.3 Å². The largest absolute Gasteiger partial charge is 0.489 e. The van der Waals surface area contributed by atoms with Crippen LogP contribution >= 0.6 is 47.6 Å². The van der Waals surface area contributed by atoms with E-state index >= 15 is 0 Å². The van der Waals surface area contributed by atoms with Crippen molar-refractivity contribution < 1.29 is 18.9 Å². The number of quaternary nitrogens is 1. The number of thiol groups is 1. The van der Waals surface area contributed by atoms with Crippen LogP contribution < -0.4 is 15.5 Å². The maximum atomic E-state index is 12.7. The molecular formula is C23H25Cl3N5O3S+. The maximum absolute atomic E-state index is 12.7. The smallest absolute Gasteiger partial charge is 0.275 e. The molecule has 0 fully saturated rings. The van der Waals surface area contributed by atoms with E-state index in [1.807, 2.05) is 38.1 Å². The summed E-state index contributed by atoms with van der Waals surface area (Å²) in [6.45, 7) is 4.37. The van der Waals surface area contributed by atoms with E-state index in [2.05, 4.69) is 33.5 Å². The number of nitrogens with one attached hydrogen (secondary N) is 2. The summed E-state index contributed by atoms with van der Waals surface area (Å²) in [4.78, 5) is 20.9. The maximum Gasteiger partial charge on any atom is 0.275 e. The molecule has 1 atom stereocenters. The van der Waals surface area contributed by atoms with Crippen LogP contribution in [0.3, 0.4) is 0 Å². The van der Waals surface area contributed by atoms with Crippen molar-refractivity contribution in [1.82, 2.24) is 9.97 Å². The van der Waals surface area contributed by atoms with Crippen LogP contribution in [0, 0.1) is 0 Å². The fraction of sp³-hybridized carbons (Fsp3) is 0.261. The molecule has 1 heterocycles. The second-order valence-corrected chi connectivity index (χ2v) is 10.2. The zero-order chi connectivity index (χ0) is 25.8. The number of nitrogens with zero attached hydrogens (tertiary/aromatic N) is 3. The molecule has 2 aromatic carbocycles. The molecule has 0 aliphatic carbocycles. The molecule has 0 aliphatic heterocycles. The van der Waals surface area contributed by atoms with Crippen LogP contribution in [0.4, 0.5) is 11.8 Å². The van der Waals surface area contributed by atoms with E-state index in [0.29, 0.717) is 33.8 Å². The van der Waals surface area contributed by atoms with Gasteiger partial charge >= 0.3 is 0 Å². The summed E-state index contributed by atoms with van der Waals surface area (Å²) >= 11 is 22.4. The van der Waals surface area contributed by atoms with Crippen LogP contribution in [0.2, 0.25) is 10.0 Å². The Kier molecular flexibility index (Phi) is 8.74. The first-order chi connectivity index (χ1) is 16.4. The number of anilines is 2. The van der Waals surface area contributed by atoms with Crippen molar-refractivity contribution in [2.45, 2.75) is 19.3 Å². The standard InChI is InChI=1S/C23H24Cl3N5O3S/c1-23(2,16-12-17(25)20(18(26)13-16)34-11-9-24)15-6-4-14(5-7-15)21(32)28-19-8-10-27-22(29-19)30-31(3,33)35/h4-8,10,12-13,33,35H,9,11H2,1-3H3,(H-,27,28,29,30,32)/p+1. The van der Waals surface area contributed by atoms with Gasteiger partial charge in [0.25, 0.3) is 11.9 Å². The highest BCUT2D eigenvalue weighted by Gasteiger charge is 2.26. The Labute approximate surface area is 224 Å². The number of alkyl halides is 1. The molecule has 1 unspecified atom stereocenters. The van der Waals surface area contributed by atoms with Gasteiger partial charge in [0, 0.05) is 17.2 Å². The number of amides is 1. The molecule has 1 amide bonds. The van der Waals surface area contributed by atoms with Gasteiger partial charge in [-0.15, -0.1) is 11.6 Å². The fourth-order valence-corrected chi connectivity index (χ4v) is 4.03. The minimum absolute atomic E-state index is 0.0938. The van der Waals surface area contributed by atoms with Gasteiger partial charge in [0.2, 0.25) is 0 Å². The summed E-state index contributed by atoms with van der Waals surface area (Å²) in [6.07, 6.45) is 1.45. The number of hydrogen-bond donors (Lipinski definition) is 4. The molecule has 186 valence electrons. The van der Waals surface area contributed by atoms with E-state index in [9.17, 15) is 10.0 Å². The zero-order valence-electron chi connectivity index (χ0n) is 19.2. The lowest BCUT2D eigenvalue weighted by Gasteiger charge is -2.27. The molecule has 1 aromatic heterocycles. The average Bonchev–Trinajstić information content (AvgIpc) is 2.77. The molecule has 0 spiro atoms. The summed E-state index contributed by atoms with van der Waals surface area (Å²) in [5.74, 6) is 0.737. The van der Waals surface area contributed by atoms with Gasteiger partial charge in [-0.3, -0.25) is 4.79 Å². The fourth-order valence-electron chi connectivity index (χ4n) is 3.26. The number of benzene rings is 2. The number of carbonyl (C=O) groups is 1. The lowest BCUT2D eigenvalue weighted by atomic mass is 9.78. The lowest BCUT2D eigenvalue weighted by Crippen LogP contribution is -2.36. The topological polar surface area (TPSA) is 96.4 Å². The first-order valence-corrected chi connectivity index (χ1v) is 12.1. The molecular weight excluding hydrogens is 533 g/mol. The van der Waals surface area contributed by atoms with Gasteiger partial charge in [-0.25, -0.2) is 4.98 Å². The molecule has 35 heavy (non-hydrogen) atoms. The lowest BCUT2D eigenvalue weighted by molar-refractivity contribution is -0.955. The first kappa shape index (κ1) is 27.3. The predicted molar refractivity (Wildman–Crippen MR) is 142 cm³/mol. The van der Waals surface area contributed by atoms with Gasteiger partial charge in [-0.1, -0.05) is 49.2 Å². The van der Waals surface area contributed by atoms with Crippen molar-refractivity contribution in [2.75, 3.05) is 30.3 Å². The third-order valence-corrected chi connectivity index (χ3v) is 5.94. The van der Waals surface area contributed by atoms with Gasteiger partial charge < -0.3 is 10.1 Å². The highest BCUT2D eigenvalue weighted by atomic mass is 35.5. The SMILES string of the molecule is CC(C)(c1ccc(C(=O)Nc2ccnc(N[N+](C)(O)S)n2)cc1)c1cc(Cl)c(OCCCl)c(Cl)c1. The highest BCUT2D eigenvalue weighted by molar-refractivity contribution is 7.74. The summed E-state index contributed by atoms with van der Waals surface area (Å²) in [7, 11) is 1.37. The Hall–Kier alpha value is -2.27. The van der Waals surface area contributed by atoms with Crippen LogP contribution in [-0.2, 0) is 5.41 Å². The number of hydrogen-bond acceptors (Lipinski definition) is 7. The average molecular weight is 558 g/mol. The Morgan fingerprint density at radius 3 is 2.34 bits per heavy atom. The van der Waals surface area contributed by atoms with Crippen molar-refractivity contribution in [3.8, 4) is 5.75 Å².